The molecule has 9 heteroatoms. The van der Waals surface area contributed by atoms with Crippen molar-refractivity contribution in [3.63, 3.8) is 0 Å². The molecule has 0 unspecified atom stereocenters. The van der Waals surface area contributed by atoms with Crippen LogP contribution in [0.15, 0.2) is 60.0 Å². The van der Waals surface area contributed by atoms with Crippen molar-refractivity contribution < 1.29 is 4.74 Å². The summed E-state index contributed by atoms with van der Waals surface area (Å²) < 4.78 is 10.4. The second-order valence-electron chi connectivity index (χ2n) is 5.56. The molecule has 0 amide bonds. The van der Waals surface area contributed by atoms with Crippen LogP contribution in [-0.2, 0) is 0 Å². The number of hydrogen-bond donors (Lipinski definition) is 2. The van der Waals surface area contributed by atoms with Gasteiger partial charge >= 0.3 is 0 Å². The molecule has 0 fully saturated rings. The average molecular weight is 379 g/mol. The van der Waals surface area contributed by atoms with Gasteiger partial charge in [0.15, 0.2) is 5.65 Å². The van der Waals surface area contributed by atoms with Gasteiger partial charge in [0.25, 0.3) is 0 Å². The topological polar surface area (TPSA) is 89.3 Å². The van der Waals surface area contributed by atoms with Crippen LogP contribution in [0.5, 0.6) is 5.88 Å². The van der Waals surface area contributed by atoms with Gasteiger partial charge in [-0.3, -0.25) is 4.98 Å². The molecule has 4 rings (SSSR count). The zero-order valence-corrected chi connectivity index (χ0v) is 15.6. The SMILES string of the molecule is CNc1cnc2ccc(-c3cnc(OC)c(NSc4cccnc4)c3)nn12. The Morgan fingerprint density at radius 3 is 2.81 bits per heavy atom. The van der Waals surface area contributed by atoms with Crippen LogP contribution in [0.4, 0.5) is 11.5 Å². The standard InChI is InChI=1S/C18H17N7OS/c1-19-17-11-21-16-6-5-14(23-25(16)17)12-8-15(18(26-2)22-9-12)24-27-13-4-3-7-20-10-13/h3-11,19,24H,1-2H3. The molecule has 4 heterocycles. The normalized spacial score (nSPS) is 10.7. The number of rotatable bonds is 6. The summed E-state index contributed by atoms with van der Waals surface area (Å²) >= 11 is 1.44. The highest BCUT2D eigenvalue weighted by Crippen LogP contribution is 2.31. The molecule has 0 radical (unpaired) electrons. The summed E-state index contributed by atoms with van der Waals surface area (Å²) in [4.78, 5) is 13.8. The Balaban J connectivity index is 1.67. The third kappa shape index (κ3) is 3.49. The van der Waals surface area contributed by atoms with E-state index in [0.717, 1.165) is 33.3 Å². The van der Waals surface area contributed by atoms with Crippen molar-refractivity contribution >= 4 is 29.1 Å². The maximum absolute atomic E-state index is 5.37. The molecule has 8 nitrogen and oxygen atoms in total. The smallest absolute Gasteiger partial charge is 0.237 e. The zero-order chi connectivity index (χ0) is 18.6. The highest BCUT2D eigenvalue weighted by atomic mass is 32.2. The van der Waals surface area contributed by atoms with Gasteiger partial charge in [-0.25, -0.2) is 9.97 Å². The maximum Gasteiger partial charge on any atom is 0.237 e. The Bertz CT molecular complexity index is 1070. The van der Waals surface area contributed by atoms with Crippen molar-refractivity contribution in [2.24, 2.45) is 0 Å². The first kappa shape index (κ1) is 17.1. The van der Waals surface area contributed by atoms with Crippen molar-refractivity contribution in [2.45, 2.75) is 4.90 Å². The van der Waals surface area contributed by atoms with E-state index in [1.807, 2.05) is 37.4 Å². The number of pyridine rings is 2. The molecule has 136 valence electrons. The van der Waals surface area contributed by atoms with E-state index >= 15 is 0 Å². The molecule has 0 aromatic carbocycles. The second kappa shape index (κ2) is 7.50. The van der Waals surface area contributed by atoms with Crippen LogP contribution in [0.25, 0.3) is 16.9 Å². The predicted octanol–water partition coefficient (Wildman–Crippen LogP) is 3.36. The third-order valence-electron chi connectivity index (χ3n) is 3.87. The summed E-state index contributed by atoms with van der Waals surface area (Å²) in [6.07, 6.45) is 7.01. The summed E-state index contributed by atoms with van der Waals surface area (Å²) in [5.74, 6) is 1.33. The van der Waals surface area contributed by atoms with Crippen molar-refractivity contribution in [2.75, 3.05) is 24.2 Å². The minimum absolute atomic E-state index is 0.509. The van der Waals surface area contributed by atoms with Crippen LogP contribution in [0, 0.1) is 0 Å². The van der Waals surface area contributed by atoms with Gasteiger partial charge in [-0.1, -0.05) is 0 Å². The lowest BCUT2D eigenvalue weighted by molar-refractivity contribution is 0.400. The van der Waals surface area contributed by atoms with Crippen molar-refractivity contribution in [1.29, 1.82) is 0 Å². The highest BCUT2D eigenvalue weighted by molar-refractivity contribution is 8.00. The number of imidazole rings is 1. The molecule has 27 heavy (non-hydrogen) atoms. The Morgan fingerprint density at radius 1 is 1.11 bits per heavy atom. The van der Waals surface area contributed by atoms with Crippen LogP contribution in [0.3, 0.4) is 0 Å². The van der Waals surface area contributed by atoms with Gasteiger partial charge in [0.1, 0.15) is 11.5 Å². The quantitative estimate of drug-likeness (QED) is 0.493. The average Bonchev–Trinajstić information content (AvgIpc) is 3.15. The molecule has 4 aromatic rings. The van der Waals surface area contributed by atoms with E-state index in [9.17, 15) is 0 Å². The van der Waals surface area contributed by atoms with E-state index in [1.54, 1.807) is 36.4 Å². The number of nitrogens with one attached hydrogen (secondary N) is 2. The molecule has 0 bridgehead atoms. The van der Waals surface area contributed by atoms with Gasteiger partial charge < -0.3 is 14.8 Å². The Hall–Kier alpha value is -3.33. The number of hydrogen-bond acceptors (Lipinski definition) is 8. The number of anilines is 2. The zero-order valence-electron chi connectivity index (χ0n) is 14.7. The lowest BCUT2D eigenvalue weighted by Gasteiger charge is -2.11. The summed E-state index contributed by atoms with van der Waals surface area (Å²) in [6.45, 7) is 0. The van der Waals surface area contributed by atoms with Gasteiger partial charge in [0, 0.05) is 36.1 Å². The molecule has 0 atom stereocenters. The van der Waals surface area contributed by atoms with Crippen LogP contribution in [-0.4, -0.2) is 38.7 Å². The molecule has 0 aliphatic carbocycles. The number of aromatic nitrogens is 5. The van der Waals surface area contributed by atoms with Crippen LogP contribution in [0.1, 0.15) is 0 Å². The molecule has 0 aliphatic heterocycles. The van der Waals surface area contributed by atoms with Crippen molar-refractivity contribution in [3.05, 3.63) is 55.1 Å². The highest BCUT2D eigenvalue weighted by Gasteiger charge is 2.11. The second-order valence-corrected chi connectivity index (χ2v) is 6.44. The largest absolute Gasteiger partial charge is 0.480 e. The molecular weight excluding hydrogens is 362 g/mol. The van der Waals surface area contributed by atoms with Crippen molar-refractivity contribution in [3.8, 4) is 17.1 Å². The minimum atomic E-state index is 0.509. The molecular formula is C18H17N7OS. The number of nitrogens with zero attached hydrogens (tertiary/aromatic N) is 5. The predicted molar refractivity (Wildman–Crippen MR) is 106 cm³/mol. The summed E-state index contributed by atoms with van der Waals surface area (Å²) in [5.41, 5.74) is 3.17. The first-order valence-corrected chi connectivity index (χ1v) is 9.00. The lowest BCUT2D eigenvalue weighted by Crippen LogP contribution is -2.01. The molecule has 0 aliphatic rings. The van der Waals surface area contributed by atoms with E-state index in [2.05, 4.69) is 30.1 Å². The fourth-order valence-corrected chi connectivity index (χ4v) is 3.18. The third-order valence-corrected chi connectivity index (χ3v) is 4.67. The maximum atomic E-state index is 5.37. The molecule has 0 spiro atoms. The number of methoxy groups -OCH3 is 1. The Kier molecular flexibility index (Phi) is 4.75. The Morgan fingerprint density at radius 2 is 2.04 bits per heavy atom. The van der Waals surface area contributed by atoms with E-state index in [4.69, 9.17) is 4.74 Å². The summed E-state index contributed by atoms with van der Waals surface area (Å²) in [6, 6.07) is 9.66. The van der Waals surface area contributed by atoms with E-state index < -0.39 is 0 Å². The van der Waals surface area contributed by atoms with Gasteiger partial charge in [-0.15, -0.1) is 0 Å². The van der Waals surface area contributed by atoms with Crippen LogP contribution < -0.4 is 14.8 Å². The van der Waals surface area contributed by atoms with E-state index in [1.165, 1.54) is 11.9 Å². The van der Waals surface area contributed by atoms with E-state index in [-0.39, 0.29) is 0 Å². The molecule has 4 aromatic heterocycles. The monoisotopic (exact) mass is 379 g/mol. The number of ether oxygens (including phenoxy) is 1. The molecule has 2 N–H and O–H groups in total. The number of fused-ring (bicyclic) bond motifs is 1. The van der Waals surface area contributed by atoms with Crippen LogP contribution in [0.2, 0.25) is 0 Å². The van der Waals surface area contributed by atoms with Crippen molar-refractivity contribution in [1.82, 2.24) is 24.6 Å². The summed E-state index contributed by atoms with van der Waals surface area (Å²) in [5, 5.41) is 7.73. The summed E-state index contributed by atoms with van der Waals surface area (Å²) in [7, 11) is 3.43. The first-order valence-electron chi connectivity index (χ1n) is 8.18. The molecule has 0 saturated carbocycles. The lowest BCUT2D eigenvalue weighted by atomic mass is 10.2. The molecule has 0 saturated heterocycles. The first-order chi connectivity index (χ1) is 13.3. The van der Waals surface area contributed by atoms with Gasteiger partial charge in [-0.2, -0.15) is 9.61 Å². The van der Waals surface area contributed by atoms with E-state index in [0.29, 0.717) is 5.88 Å². The Labute approximate surface area is 160 Å². The fraction of sp³-hybridized carbons (Fsp3) is 0.111. The fourth-order valence-electron chi connectivity index (χ4n) is 2.55. The van der Waals surface area contributed by atoms with Gasteiger partial charge in [0.05, 0.1) is 19.0 Å². The minimum Gasteiger partial charge on any atom is -0.480 e. The van der Waals surface area contributed by atoms with Crippen LogP contribution >= 0.6 is 11.9 Å². The van der Waals surface area contributed by atoms with Gasteiger partial charge in [-0.05, 0) is 42.3 Å². The van der Waals surface area contributed by atoms with Gasteiger partial charge in [0.2, 0.25) is 5.88 Å².